The third kappa shape index (κ3) is 16.6. The predicted molar refractivity (Wildman–Crippen MR) is 126 cm³/mol. The van der Waals surface area contributed by atoms with E-state index in [9.17, 15) is 0 Å². The van der Waals surface area contributed by atoms with Crippen LogP contribution in [-0.4, -0.2) is 0 Å². The molecule has 0 amide bonds. The SMILES string of the molecule is CCCCCCCCC[C](CCCCCCCCC)C(C)(C)CC(C)(C)C. The molecule has 0 aromatic rings. The smallest absolute Gasteiger partial charge is 0.0184 e. The van der Waals surface area contributed by atoms with Crippen molar-refractivity contribution in [2.24, 2.45) is 10.8 Å². The van der Waals surface area contributed by atoms with Crippen molar-refractivity contribution in [3.05, 3.63) is 5.92 Å². The molecule has 1 radical (unpaired) electrons. The van der Waals surface area contributed by atoms with E-state index < -0.39 is 0 Å². The van der Waals surface area contributed by atoms with Gasteiger partial charge in [-0.2, -0.15) is 0 Å². The van der Waals surface area contributed by atoms with Crippen molar-refractivity contribution >= 4 is 0 Å². The third-order valence-corrected chi connectivity index (χ3v) is 6.09. The lowest BCUT2D eigenvalue weighted by Crippen LogP contribution is -2.28. The minimum Gasteiger partial charge on any atom is -0.0654 e. The maximum atomic E-state index is 2.52. The zero-order valence-electron chi connectivity index (χ0n) is 20.5. The first kappa shape index (κ1) is 27.0. The second-order valence-electron chi connectivity index (χ2n) is 11.0. The summed E-state index contributed by atoms with van der Waals surface area (Å²) >= 11 is 0. The maximum absolute atomic E-state index is 2.52. The van der Waals surface area contributed by atoms with E-state index in [0.29, 0.717) is 10.8 Å². The molecule has 27 heavy (non-hydrogen) atoms. The monoisotopic (exact) mass is 379 g/mol. The Hall–Kier alpha value is 0. The predicted octanol–water partition coefficient (Wildman–Crippen LogP) is 10.3. The lowest BCUT2D eigenvalue weighted by Gasteiger charge is -2.39. The normalized spacial score (nSPS) is 12.9. The summed E-state index contributed by atoms with van der Waals surface area (Å²) in [6.07, 6.45) is 24.1. The molecule has 0 bridgehead atoms. The Balaban J connectivity index is 4.29. The number of rotatable bonds is 18. The highest BCUT2D eigenvalue weighted by atomic mass is 14.4. The minimum absolute atomic E-state index is 0.405. The molecule has 0 aliphatic carbocycles. The topological polar surface area (TPSA) is 0 Å². The molecule has 0 aliphatic heterocycles. The van der Waals surface area contributed by atoms with Crippen LogP contribution in [0.25, 0.3) is 0 Å². The molecule has 0 spiro atoms. The molecule has 0 heterocycles. The molecule has 0 saturated heterocycles. The van der Waals surface area contributed by atoms with Crippen molar-refractivity contribution in [2.75, 3.05) is 0 Å². The second-order valence-corrected chi connectivity index (χ2v) is 11.0. The van der Waals surface area contributed by atoms with Crippen LogP contribution in [0.4, 0.5) is 0 Å². The van der Waals surface area contributed by atoms with E-state index in [4.69, 9.17) is 0 Å². The van der Waals surface area contributed by atoms with Gasteiger partial charge in [0.2, 0.25) is 0 Å². The summed E-state index contributed by atoms with van der Waals surface area (Å²) < 4.78 is 0. The lowest BCUT2D eigenvalue weighted by atomic mass is 9.66. The summed E-state index contributed by atoms with van der Waals surface area (Å²) in [6, 6.07) is 0. The average molecular weight is 380 g/mol. The van der Waals surface area contributed by atoms with Crippen molar-refractivity contribution in [1.29, 1.82) is 0 Å². The summed E-state index contributed by atoms with van der Waals surface area (Å²) in [7, 11) is 0. The van der Waals surface area contributed by atoms with Gasteiger partial charge in [-0.1, -0.05) is 138 Å². The molecule has 0 N–H and O–H groups in total. The summed E-state index contributed by atoms with van der Waals surface area (Å²) in [6.45, 7) is 16.9. The van der Waals surface area contributed by atoms with Crippen LogP contribution < -0.4 is 0 Å². The summed E-state index contributed by atoms with van der Waals surface area (Å²) in [5.74, 6) is 1.87. The minimum atomic E-state index is 0.405. The number of hydrogen-bond acceptors (Lipinski definition) is 0. The van der Waals surface area contributed by atoms with Gasteiger partial charge >= 0.3 is 0 Å². The maximum Gasteiger partial charge on any atom is -0.0184 e. The first-order valence-electron chi connectivity index (χ1n) is 12.6. The standard InChI is InChI=1S/C27H55/c1-8-10-12-14-16-18-20-22-25(27(6,7)24-26(3,4)5)23-21-19-17-15-13-11-9-2/h8-24H2,1-7H3. The highest BCUT2D eigenvalue weighted by Gasteiger charge is 2.33. The molecule has 0 nitrogen and oxygen atoms in total. The van der Waals surface area contributed by atoms with Crippen LogP contribution in [0.3, 0.4) is 0 Å². The summed E-state index contributed by atoms with van der Waals surface area (Å²) in [5, 5.41) is 0. The van der Waals surface area contributed by atoms with E-state index in [1.54, 1.807) is 0 Å². The molecule has 0 rings (SSSR count). The zero-order valence-corrected chi connectivity index (χ0v) is 20.5. The fourth-order valence-corrected chi connectivity index (χ4v) is 4.84. The van der Waals surface area contributed by atoms with Crippen molar-refractivity contribution < 1.29 is 0 Å². The quantitative estimate of drug-likeness (QED) is 0.208. The van der Waals surface area contributed by atoms with E-state index in [0.717, 1.165) is 0 Å². The van der Waals surface area contributed by atoms with E-state index >= 15 is 0 Å². The van der Waals surface area contributed by atoms with Crippen molar-refractivity contribution in [1.82, 2.24) is 0 Å². The summed E-state index contributed by atoms with van der Waals surface area (Å²) in [4.78, 5) is 0. The van der Waals surface area contributed by atoms with Gasteiger partial charge in [-0.05, 0) is 36.0 Å². The molecule has 0 aromatic carbocycles. The van der Waals surface area contributed by atoms with Crippen LogP contribution in [0.2, 0.25) is 0 Å². The van der Waals surface area contributed by atoms with Gasteiger partial charge in [0, 0.05) is 0 Å². The second kappa shape index (κ2) is 15.9. The Labute approximate surface area is 174 Å². The van der Waals surface area contributed by atoms with Crippen LogP contribution in [0, 0.1) is 16.7 Å². The van der Waals surface area contributed by atoms with Crippen molar-refractivity contribution in [2.45, 2.75) is 158 Å². The Kier molecular flexibility index (Phi) is 15.9. The van der Waals surface area contributed by atoms with Gasteiger partial charge in [-0.3, -0.25) is 0 Å². The highest BCUT2D eigenvalue weighted by Crippen LogP contribution is 2.44. The van der Waals surface area contributed by atoms with Crippen LogP contribution in [-0.2, 0) is 0 Å². The first-order valence-corrected chi connectivity index (χ1v) is 12.6. The van der Waals surface area contributed by atoms with Crippen LogP contribution in [0.15, 0.2) is 0 Å². The molecule has 0 unspecified atom stereocenters. The average Bonchev–Trinajstić information content (AvgIpc) is 2.56. The molecule has 0 fully saturated rings. The molecule has 163 valence electrons. The Morgan fingerprint density at radius 2 is 0.815 bits per heavy atom. The molecule has 0 heteroatoms. The Morgan fingerprint density at radius 1 is 0.481 bits per heavy atom. The molecular weight excluding hydrogens is 324 g/mol. The van der Waals surface area contributed by atoms with Gasteiger partial charge in [-0.15, -0.1) is 0 Å². The highest BCUT2D eigenvalue weighted by molar-refractivity contribution is 5.03. The van der Waals surface area contributed by atoms with E-state index in [-0.39, 0.29) is 0 Å². The van der Waals surface area contributed by atoms with E-state index in [1.807, 2.05) is 5.92 Å². The third-order valence-electron chi connectivity index (χ3n) is 6.09. The molecule has 0 aromatic heterocycles. The fraction of sp³-hybridized carbons (Fsp3) is 0.963. The van der Waals surface area contributed by atoms with Gasteiger partial charge in [-0.25, -0.2) is 0 Å². The van der Waals surface area contributed by atoms with Gasteiger partial charge < -0.3 is 0 Å². The molecule has 0 atom stereocenters. The van der Waals surface area contributed by atoms with Gasteiger partial charge in [0.25, 0.3) is 0 Å². The van der Waals surface area contributed by atoms with Gasteiger partial charge in [0.15, 0.2) is 0 Å². The number of hydrogen-bond donors (Lipinski definition) is 0. The van der Waals surface area contributed by atoms with Crippen LogP contribution >= 0.6 is 0 Å². The molecule has 0 saturated carbocycles. The fourth-order valence-electron chi connectivity index (χ4n) is 4.84. The van der Waals surface area contributed by atoms with Crippen LogP contribution in [0.1, 0.15) is 158 Å². The lowest BCUT2D eigenvalue weighted by molar-refractivity contribution is 0.207. The van der Waals surface area contributed by atoms with E-state index in [1.165, 1.54) is 109 Å². The van der Waals surface area contributed by atoms with E-state index in [2.05, 4.69) is 48.5 Å². The largest absolute Gasteiger partial charge is 0.0654 e. The first-order chi connectivity index (χ1) is 12.7. The Bertz CT molecular complexity index is 288. The zero-order chi connectivity index (χ0) is 20.6. The molecular formula is C27H55. The number of unbranched alkanes of at least 4 members (excludes halogenated alkanes) is 12. The van der Waals surface area contributed by atoms with Gasteiger partial charge in [0.05, 0.1) is 0 Å². The Morgan fingerprint density at radius 3 is 1.15 bits per heavy atom. The molecule has 0 aliphatic rings. The van der Waals surface area contributed by atoms with Gasteiger partial charge in [0.1, 0.15) is 0 Å². The van der Waals surface area contributed by atoms with Crippen molar-refractivity contribution in [3.8, 4) is 0 Å². The van der Waals surface area contributed by atoms with Crippen molar-refractivity contribution in [3.63, 3.8) is 0 Å². The van der Waals surface area contributed by atoms with Crippen LogP contribution in [0.5, 0.6) is 0 Å². The summed E-state index contributed by atoms with van der Waals surface area (Å²) in [5.41, 5.74) is 0.831.